The number of carbonyl (C=O) groups is 1. The van der Waals surface area contributed by atoms with Crippen LogP contribution >= 0.6 is 0 Å². The second kappa shape index (κ2) is 10.6. The molecule has 0 fully saturated rings. The molecule has 0 aliphatic carbocycles. The molecule has 0 saturated heterocycles. The summed E-state index contributed by atoms with van der Waals surface area (Å²) < 4.78 is 11.4. The van der Waals surface area contributed by atoms with Crippen LogP contribution in [0.4, 0.5) is 11.4 Å². The van der Waals surface area contributed by atoms with Crippen molar-refractivity contribution < 1.29 is 14.3 Å². The smallest absolute Gasteiger partial charge is 0.262 e. The van der Waals surface area contributed by atoms with Crippen LogP contribution < -0.4 is 14.8 Å². The Kier molecular flexibility index (Phi) is 6.91. The van der Waals surface area contributed by atoms with Gasteiger partial charge in [0.25, 0.3) is 5.91 Å². The van der Waals surface area contributed by atoms with Crippen molar-refractivity contribution in [3.63, 3.8) is 0 Å². The molecule has 158 valence electrons. The largest absolute Gasteiger partial charge is 0.484 e. The van der Waals surface area contributed by atoms with Crippen LogP contribution in [0.15, 0.2) is 114 Å². The van der Waals surface area contributed by atoms with Crippen LogP contribution in [-0.2, 0) is 4.79 Å². The molecule has 5 nitrogen and oxygen atoms in total. The maximum absolute atomic E-state index is 12.1. The van der Waals surface area contributed by atoms with E-state index in [4.69, 9.17) is 9.47 Å². The minimum Gasteiger partial charge on any atom is -0.484 e. The molecule has 0 saturated carbocycles. The van der Waals surface area contributed by atoms with Gasteiger partial charge in [0, 0.05) is 11.9 Å². The van der Waals surface area contributed by atoms with Crippen LogP contribution in [0.1, 0.15) is 5.56 Å². The van der Waals surface area contributed by atoms with E-state index >= 15 is 0 Å². The van der Waals surface area contributed by atoms with Gasteiger partial charge in [0.2, 0.25) is 0 Å². The molecule has 32 heavy (non-hydrogen) atoms. The summed E-state index contributed by atoms with van der Waals surface area (Å²) in [7, 11) is 0. The first-order valence-electron chi connectivity index (χ1n) is 10.2. The number of anilines is 1. The summed E-state index contributed by atoms with van der Waals surface area (Å²) in [6, 6.07) is 33.9. The second-order valence-electron chi connectivity index (χ2n) is 6.94. The maximum Gasteiger partial charge on any atom is 0.262 e. The molecule has 0 aromatic heterocycles. The minimum absolute atomic E-state index is 0.0711. The van der Waals surface area contributed by atoms with Gasteiger partial charge in [0.15, 0.2) is 6.61 Å². The number of para-hydroxylation sites is 2. The molecular formula is C27H22N2O3. The van der Waals surface area contributed by atoms with Crippen molar-refractivity contribution in [2.75, 3.05) is 11.9 Å². The highest BCUT2D eigenvalue weighted by Crippen LogP contribution is 2.24. The normalized spacial score (nSPS) is 10.6. The summed E-state index contributed by atoms with van der Waals surface area (Å²) in [4.78, 5) is 16.6. The Morgan fingerprint density at radius 3 is 2.16 bits per heavy atom. The van der Waals surface area contributed by atoms with Gasteiger partial charge in [-0.3, -0.25) is 9.79 Å². The third-order valence-electron chi connectivity index (χ3n) is 4.46. The van der Waals surface area contributed by atoms with Gasteiger partial charge < -0.3 is 14.8 Å². The second-order valence-corrected chi connectivity index (χ2v) is 6.94. The van der Waals surface area contributed by atoms with Crippen molar-refractivity contribution in [2.45, 2.75) is 0 Å². The van der Waals surface area contributed by atoms with Crippen LogP contribution in [-0.4, -0.2) is 18.7 Å². The number of hydrogen-bond acceptors (Lipinski definition) is 4. The monoisotopic (exact) mass is 422 g/mol. The van der Waals surface area contributed by atoms with Crippen molar-refractivity contribution in [3.8, 4) is 17.2 Å². The number of carbonyl (C=O) groups excluding carboxylic acids is 1. The molecule has 4 aromatic rings. The number of benzene rings is 4. The fourth-order valence-electron chi connectivity index (χ4n) is 2.93. The lowest BCUT2D eigenvalue weighted by molar-refractivity contribution is -0.118. The summed E-state index contributed by atoms with van der Waals surface area (Å²) in [5, 5.41) is 2.79. The Bertz CT molecular complexity index is 1170. The van der Waals surface area contributed by atoms with Gasteiger partial charge >= 0.3 is 0 Å². The van der Waals surface area contributed by atoms with Crippen LogP contribution in [0.25, 0.3) is 0 Å². The molecule has 0 spiro atoms. The molecule has 1 N–H and O–H groups in total. The molecular weight excluding hydrogens is 400 g/mol. The highest BCUT2D eigenvalue weighted by Gasteiger charge is 2.04. The summed E-state index contributed by atoms with van der Waals surface area (Å²) in [5.74, 6) is 1.93. The highest BCUT2D eigenvalue weighted by molar-refractivity contribution is 5.91. The number of amides is 1. The van der Waals surface area contributed by atoms with E-state index in [1.807, 2.05) is 109 Å². The fraction of sp³-hybridized carbons (Fsp3) is 0.0370. The van der Waals surface area contributed by atoms with Crippen molar-refractivity contribution in [1.29, 1.82) is 0 Å². The number of hydrogen-bond donors (Lipinski definition) is 1. The van der Waals surface area contributed by atoms with Crippen molar-refractivity contribution >= 4 is 23.5 Å². The Balaban J connectivity index is 1.31. The number of ether oxygens (including phenoxy) is 2. The summed E-state index contributed by atoms with van der Waals surface area (Å²) in [6.07, 6.45) is 1.75. The lowest BCUT2D eigenvalue weighted by Crippen LogP contribution is -2.20. The molecule has 4 aromatic carbocycles. The minimum atomic E-state index is -0.215. The summed E-state index contributed by atoms with van der Waals surface area (Å²) >= 11 is 0. The summed E-state index contributed by atoms with van der Waals surface area (Å²) in [6.45, 7) is -0.0711. The first-order valence-corrected chi connectivity index (χ1v) is 10.2. The highest BCUT2D eigenvalue weighted by atomic mass is 16.5. The SMILES string of the molecule is O=C(COc1cccc(C=Nc2ccc(Oc3ccccc3)cc2)c1)Nc1ccccc1. The van der Waals surface area contributed by atoms with Gasteiger partial charge in [-0.25, -0.2) is 0 Å². The van der Waals surface area contributed by atoms with Gasteiger partial charge in [-0.1, -0.05) is 48.5 Å². The zero-order valence-electron chi connectivity index (χ0n) is 17.3. The predicted molar refractivity (Wildman–Crippen MR) is 127 cm³/mol. The van der Waals surface area contributed by atoms with E-state index in [0.29, 0.717) is 5.75 Å². The van der Waals surface area contributed by atoms with E-state index in [9.17, 15) is 4.79 Å². The molecule has 0 atom stereocenters. The average Bonchev–Trinajstić information content (AvgIpc) is 2.84. The standard InChI is InChI=1S/C27H22N2O3/c30-27(29-23-9-3-1-4-10-23)20-31-26-13-7-8-21(18-26)19-28-22-14-16-25(17-15-22)32-24-11-5-2-6-12-24/h1-19H,20H2,(H,29,30). The molecule has 0 unspecified atom stereocenters. The van der Waals surface area contributed by atoms with Gasteiger partial charge in [-0.15, -0.1) is 0 Å². The fourth-order valence-corrected chi connectivity index (χ4v) is 2.93. The molecule has 0 bridgehead atoms. The van der Waals surface area contributed by atoms with Gasteiger partial charge in [0.05, 0.1) is 5.69 Å². The molecule has 4 rings (SSSR count). The molecule has 1 amide bonds. The van der Waals surface area contributed by atoms with Gasteiger partial charge in [-0.2, -0.15) is 0 Å². The average molecular weight is 422 g/mol. The Morgan fingerprint density at radius 1 is 0.750 bits per heavy atom. The third-order valence-corrected chi connectivity index (χ3v) is 4.46. The van der Waals surface area contributed by atoms with E-state index in [0.717, 1.165) is 28.4 Å². The number of nitrogens with one attached hydrogen (secondary N) is 1. The number of aliphatic imine (C=N–C) groups is 1. The lowest BCUT2D eigenvalue weighted by atomic mass is 10.2. The predicted octanol–water partition coefficient (Wildman–Crippen LogP) is 6.25. The molecule has 0 aliphatic heterocycles. The van der Waals surface area contributed by atoms with Gasteiger partial charge in [-0.05, 0) is 66.2 Å². The first kappa shape index (κ1) is 20.9. The van der Waals surface area contributed by atoms with E-state index in [1.54, 1.807) is 6.21 Å². The number of nitrogens with zero attached hydrogens (tertiary/aromatic N) is 1. The van der Waals surface area contributed by atoms with Gasteiger partial charge in [0.1, 0.15) is 17.2 Å². The molecule has 0 aliphatic rings. The van der Waals surface area contributed by atoms with Crippen LogP contribution in [0, 0.1) is 0 Å². The van der Waals surface area contributed by atoms with E-state index < -0.39 is 0 Å². The van der Waals surface area contributed by atoms with Crippen molar-refractivity contribution in [3.05, 3.63) is 115 Å². The maximum atomic E-state index is 12.1. The zero-order chi connectivity index (χ0) is 22.0. The van der Waals surface area contributed by atoms with Crippen LogP contribution in [0.2, 0.25) is 0 Å². The van der Waals surface area contributed by atoms with Crippen LogP contribution in [0.5, 0.6) is 17.2 Å². The van der Waals surface area contributed by atoms with E-state index in [-0.39, 0.29) is 12.5 Å². The Labute approximate surface area is 187 Å². The molecule has 0 radical (unpaired) electrons. The Morgan fingerprint density at radius 2 is 1.41 bits per heavy atom. The molecule has 5 heteroatoms. The zero-order valence-corrected chi connectivity index (χ0v) is 17.3. The lowest BCUT2D eigenvalue weighted by Gasteiger charge is -2.08. The first-order chi connectivity index (χ1) is 15.7. The number of rotatable bonds is 8. The van der Waals surface area contributed by atoms with E-state index in [1.165, 1.54) is 0 Å². The molecule has 0 heterocycles. The summed E-state index contributed by atoms with van der Waals surface area (Å²) in [5.41, 5.74) is 2.41. The van der Waals surface area contributed by atoms with Crippen molar-refractivity contribution in [1.82, 2.24) is 0 Å². The topological polar surface area (TPSA) is 59.9 Å². The quantitative estimate of drug-likeness (QED) is 0.342. The third kappa shape index (κ3) is 6.31. The van der Waals surface area contributed by atoms with Crippen molar-refractivity contribution in [2.24, 2.45) is 4.99 Å². The van der Waals surface area contributed by atoms with Crippen LogP contribution in [0.3, 0.4) is 0 Å². The Hall–Kier alpha value is -4.38. The van der Waals surface area contributed by atoms with E-state index in [2.05, 4.69) is 10.3 Å².